The molecule has 1 aromatic heterocycles. The van der Waals surface area contributed by atoms with Crippen LogP contribution in [0.15, 0.2) is 16.7 Å². The fourth-order valence-electron chi connectivity index (χ4n) is 0.713. The molecular formula is C9H7Br2NO. The minimum atomic E-state index is 0.116. The van der Waals surface area contributed by atoms with Gasteiger partial charge in [-0.1, -0.05) is 21.9 Å². The predicted octanol–water partition coefficient (Wildman–Crippen LogP) is 2.69. The minimum Gasteiger partial charge on any atom is -0.505 e. The van der Waals surface area contributed by atoms with Crippen LogP contribution >= 0.6 is 31.9 Å². The molecule has 0 unspecified atom stereocenters. The predicted molar refractivity (Wildman–Crippen MR) is 58.9 cm³/mol. The van der Waals surface area contributed by atoms with E-state index in [1.807, 2.05) is 0 Å². The Balaban J connectivity index is 2.89. The second-order valence-corrected chi connectivity index (χ2v) is 3.85. The van der Waals surface area contributed by atoms with Crippen LogP contribution in [-0.4, -0.2) is 15.4 Å². The molecule has 0 aliphatic heterocycles. The van der Waals surface area contributed by atoms with Gasteiger partial charge in [0, 0.05) is 11.8 Å². The van der Waals surface area contributed by atoms with Gasteiger partial charge < -0.3 is 5.11 Å². The molecule has 0 fully saturated rings. The Morgan fingerprint density at radius 1 is 1.46 bits per heavy atom. The van der Waals surface area contributed by atoms with E-state index in [4.69, 9.17) is 0 Å². The van der Waals surface area contributed by atoms with Crippen LogP contribution in [0.2, 0.25) is 0 Å². The molecule has 0 spiro atoms. The maximum absolute atomic E-state index is 9.34. The molecule has 0 bridgehead atoms. The van der Waals surface area contributed by atoms with Gasteiger partial charge in [0.1, 0.15) is 10.4 Å². The molecule has 0 aromatic carbocycles. The summed E-state index contributed by atoms with van der Waals surface area (Å²) in [5.41, 5.74) is 0.412. The molecule has 1 aromatic rings. The zero-order chi connectivity index (χ0) is 9.68. The number of nitrogens with zero attached hydrogens (tertiary/aromatic N) is 1. The Labute approximate surface area is 93.6 Å². The lowest BCUT2D eigenvalue weighted by Crippen LogP contribution is -1.84. The lowest BCUT2D eigenvalue weighted by molar-refractivity contribution is 0.470. The molecule has 0 atom stereocenters. The summed E-state index contributed by atoms with van der Waals surface area (Å²) in [5.74, 6) is 5.78. The number of aromatic hydroxyl groups is 1. The third-order valence-electron chi connectivity index (χ3n) is 1.27. The first-order valence-corrected chi connectivity index (χ1v) is 5.56. The van der Waals surface area contributed by atoms with Gasteiger partial charge >= 0.3 is 0 Å². The standard InChI is InChI=1S/C9H7Br2NO/c10-6-2-1-3-7-8(13)4-5-9(11)12-7/h4-5,13H,2,6H2. The Kier molecular flexibility index (Phi) is 4.26. The number of halogens is 2. The first-order valence-electron chi connectivity index (χ1n) is 3.64. The quantitative estimate of drug-likeness (QED) is 0.491. The maximum atomic E-state index is 9.34. The number of rotatable bonds is 1. The van der Waals surface area contributed by atoms with Crippen molar-refractivity contribution in [2.45, 2.75) is 6.42 Å². The third-order valence-corrected chi connectivity index (χ3v) is 2.10. The minimum absolute atomic E-state index is 0.116. The van der Waals surface area contributed by atoms with E-state index in [-0.39, 0.29) is 5.75 Å². The molecule has 13 heavy (non-hydrogen) atoms. The summed E-state index contributed by atoms with van der Waals surface area (Å²) in [5, 5.41) is 10.2. The highest BCUT2D eigenvalue weighted by molar-refractivity contribution is 9.10. The molecule has 1 N–H and O–H groups in total. The van der Waals surface area contributed by atoms with E-state index in [0.29, 0.717) is 10.3 Å². The fourth-order valence-corrected chi connectivity index (χ4v) is 1.22. The van der Waals surface area contributed by atoms with Crippen molar-refractivity contribution in [2.24, 2.45) is 0 Å². The van der Waals surface area contributed by atoms with Crippen LogP contribution in [0.25, 0.3) is 0 Å². The highest BCUT2D eigenvalue weighted by Crippen LogP contribution is 2.16. The van der Waals surface area contributed by atoms with Gasteiger partial charge in [0.2, 0.25) is 0 Å². The van der Waals surface area contributed by atoms with E-state index in [1.165, 1.54) is 0 Å². The first-order chi connectivity index (χ1) is 6.24. The molecule has 0 amide bonds. The van der Waals surface area contributed by atoms with Crippen LogP contribution < -0.4 is 0 Å². The molecule has 0 saturated heterocycles. The lowest BCUT2D eigenvalue weighted by atomic mass is 10.3. The fraction of sp³-hybridized carbons (Fsp3) is 0.222. The monoisotopic (exact) mass is 303 g/mol. The number of alkyl halides is 1. The smallest absolute Gasteiger partial charge is 0.156 e. The van der Waals surface area contributed by atoms with Gasteiger partial charge in [0.25, 0.3) is 0 Å². The second-order valence-electron chi connectivity index (χ2n) is 2.24. The van der Waals surface area contributed by atoms with Crippen molar-refractivity contribution in [1.29, 1.82) is 0 Å². The van der Waals surface area contributed by atoms with Gasteiger partial charge in [0.05, 0.1) is 0 Å². The van der Waals surface area contributed by atoms with Crippen molar-refractivity contribution in [3.63, 3.8) is 0 Å². The molecule has 1 heterocycles. The zero-order valence-electron chi connectivity index (χ0n) is 6.72. The summed E-state index contributed by atoms with van der Waals surface area (Å²) in [6, 6.07) is 3.24. The largest absolute Gasteiger partial charge is 0.505 e. The number of aromatic nitrogens is 1. The average Bonchev–Trinajstić information content (AvgIpc) is 2.11. The van der Waals surface area contributed by atoms with Gasteiger partial charge in [-0.3, -0.25) is 0 Å². The second kappa shape index (κ2) is 5.25. The molecular weight excluding hydrogens is 298 g/mol. The maximum Gasteiger partial charge on any atom is 0.156 e. The molecule has 68 valence electrons. The number of pyridine rings is 1. The topological polar surface area (TPSA) is 33.1 Å². The van der Waals surface area contributed by atoms with E-state index in [0.717, 1.165) is 11.8 Å². The van der Waals surface area contributed by atoms with E-state index in [2.05, 4.69) is 48.7 Å². The number of hydrogen-bond acceptors (Lipinski definition) is 2. The molecule has 0 saturated carbocycles. The molecule has 1 rings (SSSR count). The normalized spacial score (nSPS) is 9.08. The van der Waals surface area contributed by atoms with Gasteiger partial charge in [-0.2, -0.15) is 0 Å². The Morgan fingerprint density at radius 3 is 2.92 bits per heavy atom. The summed E-state index contributed by atoms with van der Waals surface area (Å²) in [7, 11) is 0. The summed E-state index contributed by atoms with van der Waals surface area (Å²) in [4.78, 5) is 4.02. The van der Waals surface area contributed by atoms with Gasteiger partial charge in [0.15, 0.2) is 5.69 Å². The van der Waals surface area contributed by atoms with Crippen LogP contribution in [-0.2, 0) is 0 Å². The molecule has 0 aliphatic carbocycles. The van der Waals surface area contributed by atoms with E-state index in [9.17, 15) is 5.11 Å². The van der Waals surface area contributed by atoms with Crippen molar-refractivity contribution in [3.05, 3.63) is 22.4 Å². The van der Waals surface area contributed by atoms with E-state index >= 15 is 0 Å². The Morgan fingerprint density at radius 2 is 2.23 bits per heavy atom. The highest BCUT2D eigenvalue weighted by atomic mass is 79.9. The van der Waals surface area contributed by atoms with Crippen molar-refractivity contribution in [2.75, 3.05) is 5.33 Å². The van der Waals surface area contributed by atoms with Crippen LogP contribution in [0.4, 0.5) is 0 Å². The Bertz CT molecular complexity index is 354. The van der Waals surface area contributed by atoms with Gasteiger partial charge in [-0.15, -0.1) is 0 Å². The summed E-state index contributed by atoms with van der Waals surface area (Å²) >= 11 is 6.47. The van der Waals surface area contributed by atoms with Crippen molar-refractivity contribution in [3.8, 4) is 17.6 Å². The van der Waals surface area contributed by atoms with Crippen LogP contribution in [0.1, 0.15) is 12.1 Å². The molecule has 2 nitrogen and oxygen atoms in total. The summed E-state index contributed by atoms with van der Waals surface area (Å²) < 4.78 is 0.674. The number of hydrogen-bond donors (Lipinski definition) is 1. The average molecular weight is 305 g/mol. The Hall–Kier alpha value is -0.530. The summed E-state index contributed by atoms with van der Waals surface area (Å²) in [6.45, 7) is 0. The lowest BCUT2D eigenvalue weighted by Gasteiger charge is -1.95. The van der Waals surface area contributed by atoms with E-state index in [1.54, 1.807) is 12.1 Å². The van der Waals surface area contributed by atoms with Crippen molar-refractivity contribution >= 4 is 31.9 Å². The SMILES string of the molecule is Oc1ccc(Br)nc1C#CCCBr. The van der Waals surface area contributed by atoms with Crippen molar-refractivity contribution in [1.82, 2.24) is 4.98 Å². The van der Waals surface area contributed by atoms with Gasteiger partial charge in [-0.25, -0.2) is 4.98 Å². The van der Waals surface area contributed by atoms with Crippen molar-refractivity contribution < 1.29 is 5.11 Å². The molecule has 0 radical (unpaired) electrons. The van der Waals surface area contributed by atoms with Crippen LogP contribution in [0, 0.1) is 11.8 Å². The van der Waals surface area contributed by atoms with Gasteiger partial charge in [-0.05, 0) is 34.0 Å². The van der Waals surface area contributed by atoms with Crippen LogP contribution in [0.3, 0.4) is 0 Å². The van der Waals surface area contributed by atoms with E-state index < -0.39 is 0 Å². The third kappa shape index (κ3) is 3.37. The molecule has 4 heteroatoms. The summed E-state index contributed by atoms with van der Waals surface area (Å²) in [6.07, 6.45) is 0.744. The highest BCUT2D eigenvalue weighted by Gasteiger charge is 1.98. The first kappa shape index (κ1) is 10.6. The molecule has 0 aliphatic rings. The van der Waals surface area contributed by atoms with Crippen LogP contribution in [0.5, 0.6) is 5.75 Å². The zero-order valence-corrected chi connectivity index (χ0v) is 9.89.